The third-order valence-corrected chi connectivity index (χ3v) is 3.25. The largest absolute Gasteiger partial charge is 0.340 e. The van der Waals surface area contributed by atoms with Crippen molar-refractivity contribution in [3.63, 3.8) is 0 Å². The van der Waals surface area contributed by atoms with Crippen LogP contribution in [0.1, 0.15) is 33.1 Å². The standard InChI is InChI=1S/C19H16BrN5/c1-12-9-15(20)10-13(2)18(12)24-17-7-8-22-19(25-17)23-16-5-3-14(11-21)4-6-16/h3-10H,1-2H3,(H2,22,23,24,25)/i1D3,2D3,3D,4D,5D,6D,9D,10D. The number of hydrogen-bond donors (Lipinski definition) is 2. The second kappa shape index (κ2) is 7.32. The summed E-state index contributed by atoms with van der Waals surface area (Å²) in [6, 6.07) is -0.612. The molecule has 0 aliphatic heterocycles. The van der Waals surface area contributed by atoms with E-state index >= 15 is 0 Å². The molecule has 0 unspecified atom stereocenters. The molecule has 1 heterocycles. The Kier molecular flexibility index (Phi) is 2.21. The Morgan fingerprint density at radius 3 is 2.52 bits per heavy atom. The normalized spacial score (nSPS) is 18.1. The van der Waals surface area contributed by atoms with Gasteiger partial charge >= 0.3 is 0 Å². The highest BCUT2D eigenvalue weighted by atomic mass is 79.9. The number of nitriles is 1. The van der Waals surface area contributed by atoms with Crippen molar-refractivity contribution in [2.75, 3.05) is 10.6 Å². The van der Waals surface area contributed by atoms with Gasteiger partial charge in [-0.2, -0.15) is 10.2 Å². The number of nitrogens with zero attached hydrogens (tertiary/aromatic N) is 3. The van der Waals surface area contributed by atoms with Crippen molar-refractivity contribution in [1.82, 2.24) is 9.97 Å². The maximum Gasteiger partial charge on any atom is 0.229 e. The van der Waals surface area contributed by atoms with Gasteiger partial charge in [0.1, 0.15) is 5.82 Å². The fraction of sp³-hybridized carbons (Fsp3) is 0.105. The summed E-state index contributed by atoms with van der Waals surface area (Å²) in [6.07, 6.45) is 1.18. The van der Waals surface area contributed by atoms with Crippen molar-refractivity contribution in [2.45, 2.75) is 13.7 Å². The van der Waals surface area contributed by atoms with Crippen LogP contribution < -0.4 is 10.6 Å². The average molecular weight is 406 g/mol. The number of halogens is 1. The Morgan fingerprint density at radius 1 is 1.16 bits per heavy atom. The maximum atomic E-state index is 9.10. The molecule has 0 saturated carbocycles. The van der Waals surface area contributed by atoms with Crippen LogP contribution in [0.15, 0.2) is 53.0 Å². The van der Waals surface area contributed by atoms with Crippen molar-refractivity contribution in [3.8, 4) is 6.07 Å². The van der Waals surface area contributed by atoms with Crippen LogP contribution in [0.5, 0.6) is 0 Å². The molecule has 0 atom stereocenters. The van der Waals surface area contributed by atoms with Gasteiger partial charge in [-0.15, -0.1) is 0 Å². The van der Waals surface area contributed by atoms with Gasteiger partial charge in [0.25, 0.3) is 0 Å². The lowest BCUT2D eigenvalue weighted by atomic mass is 10.1. The lowest BCUT2D eigenvalue weighted by Crippen LogP contribution is -2.02. The zero-order chi connectivity index (χ0) is 28.0. The lowest BCUT2D eigenvalue weighted by Gasteiger charge is -2.13. The molecule has 0 saturated heterocycles. The van der Waals surface area contributed by atoms with Gasteiger partial charge in [-0.05, 0) is 67.2 Å². The van der Waals surface area contributed by atoms with Gasteiger partial charge in [0, 0.05) is 30.3 Å². The van der Waals surface area contributed by atoms with E-state index in [1.807, 2.05) is 0 Å². The highest BCUT2D eigenvalue weighted by Crippen LogP contribution is 2.27. The van der Waals surface area contributed by atoms with Gasteiger partial charge in [0.2, 0.25) is 5.95 Å². The molecule has 124 valence electrons. The minimum atomic E-state index is -2.94. The molecule has 3 rings (SSSR count). The van der Waals surface area contributed by atoms with Crippen LogP contribution in [-0.2, 0) is 0 Å². The first-order valence-corrected chi connectivity index (χ1v) is 7.51. The van der Waals surface area contributed by atoms with Crippen LogP contribution in [-0.4, -0.2) is 9.97 Å². The van der Waals surface area contributed by atoms with Crippen molar-refractivity contribution in [1.29, 1.82) is 5.26 Å². The topological polar surface area (TPSA) is 73.6 Å². The van der Waals surface area contributed by atoms with Gasteiger partial charge < -0.3 is 10.6 Å². The first-order chi connectivity index (χ1) is 17.0. The van der Waals surface area contributed by atoms with E-state index < -0.39 is 72.3 Å². The molecule has 2 N–H and O–H groups in total. The molecular weight excluding hydrogens is 378 g/mol. The van der Waals surface area contributed by atoms with Gasteiger partial charge in [-0.3, -0.25) is 0 Å². The van der Waals surface area contributed by atoms with Crippen molar-refractivity contribution in [3.05, 3.63) is 69.7 Å². The number of benzene rings is 2. The van der Waals surface area contributed by atoms with E-state index in [9.17, 15) is 0 Å². The average Bonchev–Trinajstić information content (AvgIpc) is 2.78. The molecule has 2 aromatic carbocycles. The van der Waals surface area contributed by atoms with Crippen LogP contribution in [0.4, 0.5) is 23.1 Å². The molecule has 5 nitrogen and oxygen atoms in total. The van der Waals surface area contributed by atoms with Crippen molar-refractivity contribution < 1.29 is 16.4 Å². The van der Waals surface area contributed by atoms with E-state index in [4.69, 9.17) is 21.7 Å². The molecule has 25 heavy (non-hydrogen) atoms. The molecule has 0 fully saturated rings. The number of hydrogen-bond acceptors (Lipinski definition) is 5. The zero-order valence-corrected chi connectivity index (χ0v) is 14.0. The molecule has 3 aromatic rings. The van der Waals surface area contributed by atoms with Crippen LogP contribution in [0.3, 0.4) is 0 Å². The quantitative estimate of drug-likeness (QED) is 0.622. The minimum Gasteiger partial charge on any atom is -0.340 e. The highest BCUT2D eigenvalue weighted by Gasteiger charge is 2.07. The second-order valence-electron chi connectivity index (χ2n) is 4.57. The summed E-state index contributed by atoms with van der Waals surface area (Å²) in [4.78, 5) is 8.02. The van der Waals surface area contributed by atoms with Crippen molar-refractivity contribution in [2.24, 2.45) is 0 Å². The van der Waals surface area contributed by atoms with Crippen LogP contribution >= 0.6 is 15.9 Å². The van der Waals surface area contributed by atoms with Gasteiger partial charge in [0.05, 0.1) is 19.9 Å². The minimum absolute atomic E-state index is 0.154. The third-order valence-electron chi connectivity index (χ3n) is 2.85. The van der Waals surface area contributed by atoms with E-state index in [0.29, 0.717) is 0 Å². The Hall–Kier alpha value is -2.91. The molecule has 0 aliphatic rings. The van der Waals surface area contributed by atoms with Gasteiger partial charge in [-0.1, -0.05) is 15.9 Å². The first kappa shape index (κ1) is 7.54. The molecular formula is C19H16BrN5. The summed E-state index contributed by atoms with van der Waals surface area (Å²) in [5.41, 5.74) is -2.60. The van der Waals surface area contributed by atoms with E-state index in [1.165, 1.54) is 12.3 Å². The molecule has 0 spiro atoms. The summed E-state index contributed by atoms with van der Waals surface area (Å²) in [5, 5.41) is 14.2. The third kappa shape index (κ3) is 4.14. The Labute approximate surface area is 171 Å². The Balaban J connectivity index is 2.16. The summed E-state index contributed by atoms with van der Waals surface area (Å²) in [5.74, 6) is -0.422. The first-order valence-electron chi connectivity index (χ1n) is 12.7. The monoisotopic (exact) mass is 405 g/mol. The van der Waals surface area contributed by atoms with E-state index in [1.54, 1.807) is 6.07 Å². The smallest absolute Gasteiger partial charge is 0.229 e. The van der Waals surface area contributed by atoms with E-state index in [2.05, 4.69) is 36.5 Å². The summed E-state index contributed by atoms with van der Waals surface area (Å²) < 4.78 is 95.2. The van der Waals surface area contributed by atoms with Crippen LogP contribution in [0.25, 0.3) is 0 Å². The molecule has 0 aliphatic carbocycles. The predicted octanol–water partition coefficient (Wildman–Crippen LogP) is 5.21. The van der Waals surface area contributed by atoms with E-state index in [-0.39, 0.29) is 21.9 Å². The maximum absolute atomic E-state index is 9.10. The van der Waals surface area contributed by atoms with Crippen LogP contribution in [0.2, 0.25) is 0 Å². The fourth-order valence-electron chi connectivity index (χ4n) is 1.79. The summed E-state index contributed by atoms with van der Waals surface area (Å²) in [7, 11) is 0. The van der Waals surface area contributed by atoms with Crippen LogP contribution in [0, 0.1) is 25.0 Å². The predicted molar refractivity (Wildman–Crippen MR) is 103 cm³/mol. The van der Waals surface area contributed by atoms with E-state index in [0.717, 1.165) is 0 Å². The molecule has 6 heteroatoms. The zero-order valence-electron chi connectivity index (χ0n) is 24.4. The fourth-order valence-corrected chi connectivity index (χ4v) is 2.18. The second-order valence-corrected chi connectivity index (χ2v) is 5.36. The summed E-state index contributed by atoms with van der Waals surface area (Å²) >= 11 is 2.94. The van der Waals surface area contributed by atoms with Gasteiger partial charge in [0.15, 0.2) is 0 Å². The Morgan fingerprint density at radius 2 is 1.88 bits per heavy atom. The number of anilines is 4. The van der Waals surface area contributed by atoms with Crippen molar-refractivity contribution >= 4 is 39.1 Å². The number of nitrogens with one attached hydrogen (secondary N) is 2. The molecule has 0 amide bonds. The summed E-state index contributed by atoms with van der Waals surface area (Å²) in [6.45, 7) is -5.89. The highest BCUT2D eigenvalue weighted by molar-refractivity contribution is 9.10. The SMILES string of the molecule is [2H]c1c([2H])c(Nc2nccc(Nc3c(C([2H])([2H])[2H])c([2H])c(Br)c([2H])c3C([2H])([2H])[2H])n2)c([2H])c([2H])c1C#N. The Bertz CT molecular complexity index is 1380. The number of aromatic nitrogens is 2. The molecule has 0 radical (unpaired) electrons. The van der Waals surface area contributed by atoms with Gasteiger partial charge in [-0.25, -0.2) is 4.98 Å². The lowest BCUT2D eigenvalue weighted by molar-refractivity contribution is 1.16. The number of rotatable bonds is 4. The molecule has 0 bridgehead atoms. The molecule has 1 aromatic heterocycles.